The molecule has 1 aromatic heterocycles. The number of rotatable bonds is 6. The predicted molar refractivity (Wildman–Crippen MR) is 105 cm³/mol. The molecule has 1 atom stereocenters. The van der Waals surface area contributed by atoms with Crippen molar-refractivity contribution in [3.05, 3.63) is 70.7 Å². The van der Waals surface area contributed by atoms with Gasteiger partial charge >= 0.3 is 0 Å². The van der Waals surface area contributed by atoms with Crippen molar-refractivity contribution < 1.29 is 13.6 Å². The zero-order chi connectivity index (χ0) is 19.6. The van der Waals surface area contributed by atoms with Gasteiger partial charge < -0.3 is 14.6 Å². The SMILES string of the molecule is CCc1ccc([C@H](CNC(=O)c2oc3c(F)cccc3c2C)N(C)C)cc1. The van der Waals surface area contributed by atoms with Crippen LogP contribution in [0, 0.1) is 12.7 Å². The van der Waals surface area contributed by atoms with Gasteiger partial charge in [-0.25, -0.2) is 4.39 Å². The number of carbonyl (C=O) groups is 1. The minimum Gasteiger partial charge on any atom is -0.448 e. The van der Waals surface area contributed by atoms with Crippen LogP contribution in [-0.2, 0) is 6.42 Å². The maximum absolute atomic E-state index is 13.9. The maximum atomic E-state index is 13.9. The van der Waals surface area contributed by atoms with Gasteiger partial charge in [0.25, 0.3) is 5.91 Å². The fraction of sp³-hybridized carbons (Fsp3) is 0.318. The Morgan fingerprint density at radius 2 is 1.89 bits per heavy atom. The number of nitrogens with zero attached hydrogens (tertiary/aromatic N) is 1. The molecule has 5 heteroatoms. The van der Waals surface area contributed by atoms with Crippen molar-refractivity contribution in [2.24, 2.45) is 0 Å². The summed E-state index contributed by atoms with van der Waals surface area (Å²) in [5.74, 6) is -0.633. The summed E-state index contributed by atoms with van der Waals surface area (Å²) in [6.07, 6.45) is 0.992. The first-order valence-electron chi connectivity index (χ1n) is 9.13. The molecule has 0 saturated carbocycles. The Hall–Kier alpha value is -2.66. The van der Waals surface area contributed by atoms with Crippen LogP contribution in [0.5, 0.6) is 0 Å². The first-order chi connectivity index (χ1) is 12.9. The molecule has 0 bridgehead atoms. The molecule has 0 aliphatic carbocycles. The van der Waals surface area contributed by atoms with Crippen molar-refractivity contribution in [2.45, 2.75) is 26.3 Å². The Labute approximate surface area is 159 Å². The van der Waals surface area contributed by atoms with Crippen LogP contribution >= 0.6 is 0 Å². The molecule has 27 heavy (non-hydrogen) atoms. The normalized spacial score (nSPS) is 12.5. The Kier molecular flexibility index (Phi) is 5.61. The lowest BCUT2D eigenvalue weighted by Crippen LogP contribution is -2.34. The molecular weight excluding hydrogens is 343 g/mol. The number of hydrogen-bond donors (Lipinski definition) is 1. The molecule has 1 heterocycles. The monoisotopic (exact) mass is 368 g/mol. The van der Waals surface area contributed by atoms with E-state index in [1.165, 1.54) is 11.6 Å². The van der Waals surface area contributed by atoms with Crippen LogP contribution in [0.1, 0.15) is 40.2 Å². The Balaban J connectivity index is 1.78. The molecule has 2 aromatic carbocycles. The van der Waals surface area contributed by atoms with E-state index in [0.29, 0.717) is 17.5 Å². The third kappa shape index (κ3) is 3.88. The Morgan fingerprint density at radius 1 is 1.19 bits per heavy atom. The first kappa shape index (κ1) is 19.1. The van der Waals surface area contributed by atoms with Gasteiger partial charge in [0, 0.05) is 17.5 Å². The molecule has 0 spiro atoms. The highest BCUT2D eigenvalue weighted by atomic mass is 19.1. The second-order valence-corrected chi connectivity index (χ2v) is 6.96. The van der Waals surface area contributed by atoms with Crippen LogP contribution in [0.2, 0.25) is 0 Å². The summed E-state index contributed by atoms with van der Waals surface area (Å²) in [7, 11) is 3.96. The fourth-order valence-corrected chi connectivity index (χ4v) is 3.27. The largest absolute Gasteiger partial charge is 0.448 e. The smallest absolute Gasteiger partial charge is 0.287 e. The van der Waals surface area contributed by atoms with E-state index in [2.05, 4.69) is 41.4 Å². The lowest BCUT2D eigenvalue weighted by atomic mass is 10.0. The van der Waals surface area contributed by atoms with Gasteiger partial charge in [-0.05, 0) is 44.6 Å². The minimum absolute atomic E-state index is 0.0290. The van der Waals surface area contributed by atoms with Gasteiger partial charge in [0.15, 0.2) is 17.2 Å². The molecule has 0 unspecified atom stereocenters. The molecule has 3 rings (SSSR count). The third-order valence-corrected chi connectivity index (χ3v) is 4.97. The number of nitrogens with one attached hydrogen (secondary N) is 1. The average molecular weight is 368 g/mol. The van der Waals surface area contributed by atoms with E-state index in [-0.39, 0.29) is 23.3 Å². The summed E-state index contributed by atoms with van der Waals surface area (Å²) in [5, 5.41) is 3.56. The van der Waals surface area contributed by atoms with Gasteiger partial charge in [0.05, 0.1) is 6.04 Å². The van der Waals surface area contributed by atoms with Gasteiger partial charge in [-0.1, -0.05) is 43.3 Å². The fourth-order valence-electron chi connectivity index (χ4n) is 3.27. The van der Waals surface area contributed by atoms with Crippen molar-refractivity contribution in [3.63, 3.8) is 0 Å². The van der Waals surface area contributed by atoms with E-state index < -0.39 is 5.82 Å². The van der Waals surface area contributed by atoms with Gasteiger partial charge in [0.2, 0.25) is 0 Å². The second kappa shape index (κ2) is 7.92. The lowest BCUT2D eigenvalue weighted by Gasteiger charge is -2.25. The summed E-state index contributed by atoms with van der Waals surface area (Å²) >= 11 is 0. The molecule has 4 nitrogen and oxygen atoms in total. The van der Waals surface area contributed by atoms with Gasteiger partial charge in [-0.15, -0.1) is 0 Å². The van der Waals surface area contributed by atoms with Crippen LogP contribution in [0.15, 0.2) is 46.9 Å². The van der Waals surface area contributed by atoms with Crippen molar-refractivity contribution >= 4 is 16.9 Å². The highest BCUT2D eigenvalue weighted by molar-refractivity contribution is 5.99. The minimum atomic E-state index is -0.461. The molecule has 0 aliphatic rings. The van der Waals surface area contributed by atoms with Gasteiger partial charge in [-0.2, -0.15) is 0 Å². The van der Waals surface area contributed by atoms with E-state index in [1.807, 2.05) is 14.1 Å². The topological polar surface area (TPSA) is 45.5 Å². The van der Waals surface area contributed by atoms with E-state index >= 15 is 0 Å². The number of fused-ring (bicyclic) bond motifs is 1. The summed E-state index contributed by atoms with van der Waals surface area (Å²) in [6, 6.07) is 13.1. The van der Waals surface area contributed by atoms with Crippen LogP contribution in [0.25, 0.3) is 11.0 Å². The predicted octanol–water partition coefficient (Wildman–Crippen LogP) is 4.48. The quantitative estimate of drug-likeness (QED) is 0.698. The van der Waals surface area contributed by atoms with Crippen LogP contribution in [0.3, 0.4) is 0 Å². The number of furan rings is 1. The summed E-state index contributed by atoms with van der Waals surface area (Å²) < 4.78 is 19.4. The van der Waals surface area contributed by atoms with Crippen molar-refractivity contribution in [1.29, 1.82) is 0 Å². The maximum Gasteiger partial charge on any atom is 0.287 e. The van der Waals surface area contributed by atoms with E-state index in [1.54, 1.807) is 19.1 Å². The third-order valence-electron chi connectivity index (χ3n) is 4.97. The number of hydrogen-bond acceptors (Lipinski definition) is 3. The summed E-state index contributed by atoms with van der Waals surface area (Å²) in [6.45, 7) is 4.32. The average Bonchev–Trinajstić information content (AvgIpc) is 3.00. The van der Waals surface area contributed by atoms with E-state index in [9.17, 15) is 9.18 Å². The van der Waals surface area contributed by atoms with Crippen molar-refractivity contribution in [2.75, 3.05) is 20.6 Å². The molecule has 142 valence electrons. The van der Waals surface area contributed by atoms with E-state index in [0.717, 1.165) is 12.0 Å². The number of likely N-dealkylation sites (N-methyl/N-ethyl adjacent to an activating group) is 1. The number of aryl methyl sites for hydroxylation is 2. The number of amides is 1. The molecular formula is C22H25FN2O2. The Bertz CT molecular complexity index is 945. The van der Waals surface area contributed by atoms with E-state index in [4.69, 9.17) is 4.42 Å². The van der Waals surface area contributed by atoms with Crippen LogP contribution < -0.4 is 5.32 Å². The van der Waals surface area contributed by atoms with Crippen LogP contribution in [0.4, 0.5) is 4.39 Å². The number of carbonyl (C=O) groups excluding carboxylic acids is 1. The zero-order valence-electron chi connectivity index (χ0n) is 16.2. The molecule has 1 amide bonds. The molecule has 0 aliphatic heterocycles. The first-order valence-corrected chi connectivity index (χ1v) is 9.13. The Morgan fingerprint density at radius 3 is 2.48 bits per heavy atom. The van der Waals surface area contributed by atoms with Crippen molar-refractivity contribution in [1.82, 2.24) is 10.2 Å². The highest BCUT2D eigenvalue weighted by Gasteiger charge is 2.21. The molecule has 1 N–H and O–H groups in total. The second-order valence-electron chi connectivity index (χ2n) is 6.96. The number of para-hydroxylation sites is 1. The van der Waals surface area contributed by atoms with Crippen LogP contribution in [-0.4, -0.2) is 31.4 Å². The van der Waals surface area contributed by atoms with Gasteiger partial charge in [0.1, 0.15) is 0 Å². The lowest BCUT2D eigenvalue weighted by molar-refractivity contribution is 0.0915. The van der Waals surface area contributed by atoms with Crippen molar-refractivity contribution in [3.8, 4) is 0 Å². The molecule has 3 aromatic rings. The summed E-state index contributed by atoms with van der Waals surface area (Å²) in [4.78, 5) is 14.7. The number of halogens is 1. The number of benzene rings is 2. The molecule has 0 saturated heterocycles. The highest BCUT2D eigenvalue weighted by Crippen LogP contribution is 2.27. The van der Waals surface area contributed by atoms with Gasteiger partial charge in [-0.3, -0.25) is 4.79 Å². The zero-order valence-corrected chi connectivity index (χ0v) is 16.2. The molecule has 0 fully saturated rings. The summed E-state index contributed by atoms with van der Waals surface area (Å²) in [5.41, 5.74) is 3.18. The standard InChI is InChI=1S/C22H25FN2O2/c1-5-15-9-11-16(12-10-15)19(25(3)4)13-24-22(26)20-14(2)17-7-6-8-18(23)21(17)27-20/h6-12,19H,5,13H2,1-4H3,(H,24,26)/t19-/m0/s1. The molecule has 0 radical (unpaired) electrons.